The summed E-state index contributed by atoms with van der Waals surface area (Å²) in [6.07, 6.45) is 2.84. The van der Waals surface area contributed by atoms with Crippen molar-refractivity contribution in [3.05, 3.63) is 36.2 Å². The zero-order chi connectivity index (χ0) is 21.5. The molecule has 8 nitrogen and oxygen atoms in total. The van der Waals surface area contributed by atoms with Crippen molar-refractivity contribution in [1.29, 1.82) is 0 Å². The molecule has 3 rings (SSSR count). The largest absolute Gasteiger partial charge is 0.450 e. The van der Waals surface area contributed by atoms with Gasteiger partial charge < -0.3 is 15.0 Å². The number of nitrogens with one attached hydrogen (secondary N) is 1. The Morgan fingerprint density at radius 1 is 1.23 bits per heavy atom. The standard InChI is InChI=1S/C21H29N5O3S/c1-4-29-21(28)25-11-9-17(10-12-25)23-19(27)13-30-20-24-22-14-26(20)18-7-5-16(6-8-18)15(2)3/h5-8,14-15,17H,4,9-13H2,1-3H3,(H,23,27). The fraction of sp³-hybridized carbons (Fsp3) is 0.524. The Labute approximate surface area is 181 Å². The number of hydrogen-bond donors (Lipinski definition) is 1. The predicted octanol–water partition coefficient (Wildman–Crippen LogP) is 3.22. The van der Waals surface area contributed by atoms with Crippen molar-refractivity contribution in [2.45, 2.75) is 50.7 Å². The van der Waals surface area contributed by atoms with Crippen LogP contribution in [0.4, 0.5) is 4.79 Å². The van der Waals surface area contributed by atoms with Crippen LogP contribution in [0.5, 0.6) is 0 Å². The molecule has 1 N–H and O–H groups in total. The Morgan fingerprint density at radius 3 is 2.57 bits per heavy atom. The van der Waals surface area contributed by atoms with E-state index in [0.717, 1.165) is 18.5 Å². The average Bonchev–Trinajstić information content (AvgIpc) is 3.21. The van der Waals surface area contributed by atoms with E-state index in [2.05, 4.69) is 41.5 Å². The zero-order valence-electron chi connectivity index (χ0n) is 17.7. The van der Waals surface area contributed by atoms with Crippen LogP contribution in [0.15, 0.2) is 35.7 Å². The van der Waals surface area contributed by atoms with Crippen molar-refractivity contribution in [3.63, 3.8) is 0 Å². The van der Waals surface area contributed by atoms with Gasteiger partial charge in [0.1, 0.15) is 6.33 Å². The molecule has 30 heavy (non-hydrogen) atoms. The van der Waals surface area contributed by atoms with Crippen molar-refractivity contribution in [2.24, 2.45) is 0 Å². The van der Waals surface area contributed by atoms with Crippen LogP contribution >= 0.6 is 11.8 Å². The number of ether oxygens (including phenoxy) is 1. The molecule has 1 saturated heterocycles. The molecule has 9 heteroatoms. The molecular weight excluding hydrogens is 402 g/mol. The molecule has 0 bridgehead atoms. The summed E-state index contributed by atoms with van der Waals surface area (Å²) >= 11 is 1.36. The highest BCUT2D eigenvalue weighted by atomic mass is 32.2. The van der Waals surface area contributed by atoms with Crippen LogP contribution in [0.2, 0.25) is 0 Å². The summed E-state index contributed by atoms with van der Waals surface area (Å²) in [4.78, 5) is 25.8. The number of hydrogen-bond acceptors (Lipinski definition) is 6. The highest BCUT2D eigenvalue weighted by molar-refractivity contribution is 7.99. The molecule has 0 radical (unpaired) electrons. The molecule has 162 valence electrons. The molecule has 2 aromatic rings. The maximum absolute atomic E-state index is 12.4. The Balaban J connectivity index is 1.48. The highest BCUT2D eigenvalue weighted by Crippen LogP contribution is 2.22. The third-order valence-electron chi connectivity index (χ3n) is 5.07. The van der Waals surface area contributed by atoms with E-state index in [4.69, 9.17) is 4.74 Å². The molecule has 0 aliphatic carbocycles. The summed E-state index contributed by atoms with van der Waals surface area (Å²) in [6, 6.07) is 8.36. The number of aromatic nitrogens is 3. The molecule has 2 heterocycles. The van der Waals surface area contributed by atoms with Gasteiger partial charge in [-0.3, -0.25) is 9.36 Å². The summed E-state index contributed by atoms with van der Waals surface area (Å²) in [5.74, 6) is 0.696. The molecule has 0 atom stereocenters. The van der Waals surface area contributed by atoms with Crippen LogP contribution in [0.1, 0.15) is 45.1 Å². The highest BCUT2D eigenvalue weighted by Gasteiger charge is 2.24. The van der Waals surface area contributed by atoms with E-state index in [-0.39, 0.29) is 23.8 Å². The Kier molecular flexibility index (Phi) is 7.73. The molecule has 0 unspecified atom stereocenters. The van der Waals surface area contributed by atoms with Crippen molar-refractivity contribution < 1.29 is 14.3 Å². The van der Waals surface area contributed by atoms with Crippen molar-refractivity contribution in [2.75, 3.05) is 25.4 Å². The number of thioether (sulfide) groups is 1. The molecule has 0 spiro atoms. The van der Waals surface area contributed by atoms with Crippen LogP contribution in [0.3, 0.4) is 0 Å². The molecule has 2 amide bonds. The maximum atomic E-state index is 12.4. The van der Waals surface area contributed by atoms with Crippen LogP contribution in [0, 0.1) is 0 Å². The van der Waals surface area contributed by atoms with Gasteiger partial charge in [0.05, 0.1) is 12.4 Å². The first kappa shape index (κ1) is 22.1. The Morgan fingerprint density at radius 2 is 1.93 bits per heavy atom. The summed E-state index contributed by atoms with van der Waals surface area (Å²) in [6.45, 7) is 7.68. The van der Waals surface area contributed by atoms with Gasteiger partial charge in [0.25, 0.3) is 0 Å². The molecule has 1 aromatic heterocycles. The summed E-state index contributed by atoms with van der Waals surface area (Å²) in [5.41, 5.74) is 2.24. The number of nitrogens with zero attached hydrogens (tertiary/aromatic N) is 4. The molecular formula is C21H29N5O3S. The number of amides is 2. The van der Waals surface area contributed by atoms with E-state index >= 15 is 0 Å². The first-order chi connectivity index (χ1) is 14.5. The topological polar surface area (TPSA) is 89.3 Å². The van der Waals surface area contributed by atoms with Crippen LogP contribution in [0.25, 0.3) is 5.69 Å². The zero-order valence-corrected chi connectivity index (χ0v) is 18.5. The van der Waals surface area contributed by atoms with Gasteiger partial charge in [0, 0.05) is 24.8 Å². The third kappa shape index (κ3) is 5.75. The quantitative estimate of drug-likeness (QED) is 0.677. The SMILES string of the molecule is CCOC(=O)N1CCC(NC(=O)CSc2nncn2-c2ccc(C(C)C)cc2)CC1. The number of likely N-dealkylation sites (tertiary alicyclic amines) is 1. The lowest BCUT2D eigenvalue weighted by atomic mass is 10.0. The first-order valence-corrected chi connectivity index (χ1v) is 11.3. The van der Waals surface area contributed by atoms with Crippen LogP contribution < -0.4 is 5.32 Å². The lowest BCUT2D eigenvalue weighted by Gasteiger charge is -2.31. The number of carbonyl (C=O) groups excluding carboxylic acids is 2. The smallest absolute Gasteiger partial charge is 0.409 e. The lowest BCUT2D eigenvalue weighted by molar-refractivity contribution is -0.119. The maximum Gasteiger partial charge on any atom is 0.409 e. The van der Waals surface area contributed by atoms with E-state index in [1.165, 1.54) is 17.3 Å². The first-order valence-electron chi connectivity index (χ1n) is 10.3. The second kappa shape index (κ2) is 10.5. The Bertz CT molecular complexity index is 845. The second-order valence-electron chi connectivity index (χ2n) is 7.55. The molecule has 0 saturated carbocycles. The average molecular weight is 432 g/mol. The lowest BCUT2D eigenvalue weighted by Crippen LogP contribution is -2.47. The fourth-order valence-corrected chi connectivity index (χ4v) is 4.08. The summed E-state index contributed by atoms with van der Waals surface area (Å²) in [7, 11) is 0. The fourth-order valence-electron chi connectivity index (χ4n) is 3.34. The van der Waals surface area contributed by atoms with E-state index in [0.29, 0.717) is 30.8 Å². The van der Waals surface area contributed by atoms with Gasteiger partial charge in [0.15, 0.2) is 5.16 Å². The molecule has 1 aliphatic heterocycles. The molecule has 1 aromatic carbocycles. The predicted molar refractivity (Wildman–Crippen MR) is 116 cm³/mol. The van der Waals surface area contributed by atoms with Crippen molar-refractivity contribution >= 4 is 23.8 Å². The second-order valence-corrected chi connectivity index (χ2v) is 8.49. The third-order valence-corrected chi connectivity index (χ3v) is 6.02. The monoisotopic (exact) mass is 431 g/mol. The number of carbonyl (C=O) groups is 2. The van der Waals surface area contributed by atoms with Crippen molar-refractivity contribution in [1.82, 2.24) is 25.0 Å². The summed E-state index contributed by atoms with van der Waals surface area (Å²) < 4.78 is 6.91. The van der Waals surface area contributed by atoms with E-state index in [1.807, 2.05) is 16.7 Å². The summed E-state index contributed by atoms with van der Waals surface area (Å²) in [5, 5.41) is 11.9. The van der Waals surface area contributed by atoms with E-state index < -0.39 is 0 Å². The Hall–Kier alpha value is -2.55. The number of rotatable bonds is 7. The number of benzene rings is 1. The van der Waals surface area contributed by atoms with Gasteiger partial charge in [-0.15, -0.1) is 10.2 Å². The van der Waals surface area contributed by atoms with Gasteiger partial charge >= 0.3 is 6.09 Å². The van der Waals surface area contributed by atoms with Gasteiger partial charge in [-0.2, -0.15) is 0 Å². The number of piperidine rings is 1. The minimum atomic E-state index is -0.279. The van der Waals surface area contributed by atoms with Crippen LogP contribution in [-0.4, -0.2) is 63.2 Å². The van der Waals surface area contributed by atoms with Gasteiger partial charge in [0.2, 0.25) is 5.91 Å². The molecule has 1 aliphatic rings. The minimum absolute atomic E-state index is 0.0423. The van der Waals surface area contributed by atoms with Gasteiger partial charge in [-0.1, -0.05) is 37.7 Å². The van der Waals surface area contributed by atoms with E-state index in [1.54, 1.807) is 18.2 Å². The van der Waals surface area contributed by atoms with Crippen LogP contribution in [-0.2, 0) is 9.53 Å². The molecule has 1 fully saturated rings. The minimum Gasteiger partial charge on any atom is -0.450 e. The normalized spacial score (nSPS) is 14.7. The van der Waals surface area contributed by atoms with Crippen molar-refractivity contribution in [3.8, 4) is 5.69 Å². The van der Waals surface area contributed by atoms with Gasteiger partial charge in [-0.05, 0) is 43.4 Å². The van der Waals surface area contributed by atoms with Gasteiger partial charge in [-0.25, -0.2) is 4.79 Å². The van der Waals surface area contributed by atoms with E-state index in [9.17, 15) is 9.59 Å².